The Morgan fingerprint density at radius 3 is 2.11 bits per heavy atom. The zero-order chi connectivity index (χ0) is 14.6. The van der Waals surface area contributed by atoms with Crippen LogP contribution < -0.4 is 5.32 Å². The first kappa shape index (κ1) is 16.1. The number of rotatable bonds is 5. The van der Waals surface area contributed by atoms with Crippen LogP contribution in [-0.4, -0.2) is 28.7 Å². The number of nitrogens with one attached hydrogen (secondary N) is 1. The summed E-state index contributed by atoms with van der Waals surface area (Å²) in [5.41, 5.74) is 3.41. The van der Waals surface area contributed by atoms with E-state index < -0.39 is 0 Å². The van der Waals surface area contributed by atoms with Crippen LogP contribution in [-0.2, 0) is 17.7 Å². The Morgan fingerprint density at radius 2 is 1.68 bits per heavy atom. The molecule has 108 valence electrons. The molecule has 0 amide bonds. The van der Waals surface area contributed by atoms with Gasteiger partial charge in [0.15, 0.2) is 0 Å². The molecule has 1 rings (SSSR count). The number of methoxy groups -OCH3 is 1. The molecular weight excluding hydrogens is 238 g/mol. The van der Waals surface area contributed by atoms with Crippen LogP contribution in [0.15, 0.2) is 0 Å². The van der Waals surface area contributed by atoms with Gasteiger partial charge in [-0.2, -0.15) is 0 Å². The minimum absolute atomic E-state index is 0.0993. The van der Waals surface area contributed by atoms with Gasteiger partial charge in [-0.3, -0.25) is 0 Å². The van der Waals surface area contributed by atoms with Gasteiger partial charge in [-0.15, -0.1) is 0 Å². The van der Waals surface area contributed by atoms with Crippen LogP contribution in [0.1, 0.15) is 50.5 Å². The molecule has 0 bridgehead atoms. The van der Waals surface area contributed by atoms with E-state index in [1.54, 1.807) is 7.11 Å². The molecule has 0 aliphatic heterocycles. The maximum atomic E-state index is 5.26. The lowest BCUT2D eigenvalue weighted by atomic mass is 10.1. The number of hydrogen-bond donors (Lipinski definition) is 1. The van der Waals surface area contributed by atoms with Crippen molar-refractivity contribution in [2.75, 3.05) is 7.11 Å². The Labute approximate surface area is 117 Å². The molecule has 0 saturated carbocycles. The van der Waals surface area contributed by atoms with Crippen LogP contribution >= 0.6 is 0 Å². The molecule has 1 N–H and O–H groups in total. The molecule has 0 saturated heterocycles. The summed E-state index contributed by atoms with van der Waals surface area (Å²) in [5.74, 6) is 0.865. The van der Waals surface area contributed by atoms with E-state index in [9.17, 15) is 0 Å². The Kier molecular flexibility index (Phi) is 5.44. The van der Waals surface area contributed by atoms with Crippen LogP contribution in [0.3, 0.4) is 0 Å². The van der Waals surface area contributed by atoms with Gasteiger partial charge < -0.3 is 10.1 Å². The lowest BCUT2D eigenvalue weighted by Crippen LogP contribution is -2.35. The topological polar surface area (TPSA) is 47.0 Å². The quantitative estimate of drug-likeness (QED) is 0.889. The van der Waals surface area contributed by atoms with Gasteiger partial charge in [0, 0.05) is 42.6 Å². The van der Waals surface area contributed by atoms with E-state index in [-0.39, 0.29) is 11.6 Å². The summed E-state index contributed by atoms with van der Waals surface area (Å²) in [7, 11) is 1.71. The number of hydrogen-bond acceptors (Lipinski definition) is 4. The lowest BCUT2D eigenvalue weighted by Gasteiger charge is -2.22. The summed E-state index contributed by atoms with van der Waals surface area (Å²) in [5, 5.41) is 3.49. The second kappa shape index (κ2) is 6.44. The number of nitrogens with zero attached hydrogens (tertiary/aromatic N) is 2. The molecule has 0 fully saturated rings. The van der Waals surface area contributed by atoms with Crippen molar-refractivity contribution in [3.05, 3.63) is 22.8 Å². The molecule has 4 nitrogen and oxygen atoms in total. The maximum Gasteiger partial charge on any atom is 0.131 e. The normalized spacial score (nSPS) is 13.6. The fourth-order valence-corrected chi connectivity index (χ4v) is 1.85. The average molecular weight is 265 g/mol. The summed E-state index contributed by atoms with van der Waals surface area (Å²) in [6.07, 6.45) is 0.905. The van der Waals surface area contributed by atoms with Crippen LogP contribution in [0.4, 0.5) is 0 Å². The zero-order valence-electron chi connectivity index (χ0n) is 13.3. The molecule has 1 aromatic heterocycles. The van der Waals surface area contributed by atoms with Crippen molar-refractivity contribution in [2.24, 2.45) is 0 Å². The third kappa shape index (κ3) is 5.25. The first-order chi connectivity index (χ1) is 8.73. The summed E-state index contributed by atoms with van der Waals surface area (Å²) in [4.78, 5) is 9.18. The minimum Gasteiger partial charge on any atom is -0.381 e. The second-order valence-corrected chi connectivity index (χ2v) is 6.14. The highest BCUT2D eigenvalue weighted by Gasteiger charge is 2.14. The van der Waals surface area contributed by atoms with E-state index in [4.69, 9.17) is 4.74 Å². The van der Waals surface area contributed by atoms with Crippen molar-refractivity contribution >= 4 is 0 Å². The zero-order valence-corrected chi connectivity index (χ0v) is 13.3. The van der Waals surface area contributed by atoms with Crippen LogP contribution in [0, 0.1) is 13.8 Å². The van der Waals surface area contributed by atoms with Gasteiger partial charge in [-0.05, 0) is 41.5 Å². The maximum absolute atomic E-state index is 5.26. The van der Waals surface area contributed by atoms with Crippen molar-refractivity contribution in [2.45, 2.75) is 66.2 Å². The van der Waals surface area contributed by atoms with Crippen molar-refractivity contribution < 1.29 is 4.74 Å². The first-order valence-corrected chi connectivity index (χ1v) is 6.83. The van der Waals surface area contributed by atoms with E-state index in [1.165, 1.54) is 5.56 Å². The summed E-state index contributed by atoms with van der Waals surface area (Å²) < 4.78 is 5.26. The standard InChI is InChI=1S/C15H27N3O/c1-10(19-7)8-14-17-11(2)13(12(3)18-14)9-16-15(4,5)6/h10,16H,8-9H2,1-7H3. The van der Waals surface area contributed by atoms with E-state index in [2.05, 4.69) is 49.9 Å². The summed E-state index contributed by atoms with van der Waals surface area (Å²) >= 11 is 0. The van der Waals surface area contributed by atoms with Crippen LogP contribution in [0.5, 0.6) is 0 Å². The summed E-state index contributed by atoms with van der Waals surface area (Å²) in [6, 6.07) is 0. The largest absolute Gasteiger partial charge is 0.381 e. The molecule has 1 atom stereocenters. The predicted molar refractivity (Wildman–Crippen MR) is 78.3 cm³/mol. The third-order valence-electron chi connectivity index (χ3n) is 3.13. The first-order valence-electron chi connectivity index (χ1n) is 6.83. The summed E-state index contributed by atoms with van der Waals surface area (Å²) in [6.45, 7) is 13.4. The van der Waals surface area contributed by atoms with Gasteiger partial charge in [0.2, 0.25) is 0 Å². The van der Waals surface area contributed by atoms with Gasteiger partial charge >= 0.3 is 0 Å². The molecule has 1 heterocycles. The minimum atomic E-state index is 0.0993. The highest BCUT2D eigenvalue weighted by atomic mass is 16.5. The Morgan fingerprint density at radius 1 is 1.16 bits per heavy atom. The van der Waals surface area contributed by atoms with Crippen molar-refractivity contribution in [3.8, 4) is 0 Å². The molecule has 0 radical (unpaired) electrons. The molecule has 4 heteroatoms. The van der Waals surface area contributed by atoms with Crippen LogP contribution in [0.25, 0.3) is 0 Å². The fourth-order valence-electron chi connectivity index (χ4n) is 1.85. The number of aryl methyl sites for hydroxylation is 2. The Bertz CT molecular complexity index is 401. The Balaban J connectivity index is 2.85. The van der Waals surface area contributed by atoms with Gasteiger partial charge in [-0.25, -0.2) is 9.97 Å². The van der Waals surface area contributed by atoms with Gasteiger partial charge in [0.1, 0.15) is 5.82 Å². The smallest absolute Gasteiger partial charge is 0.131 e. The highest BCUT2D eigenvalue weighted by molar-refractivity contribution is 5.24. The third-order valence-corrected chi connectivity index (χ3v) is 3.13. The van der Waals surface area contributed by atoms with E-state index in [0.717, 1.165) is 30.2 Å². The van der Waals surface area contributed by atoms with Gasteiger partial charge in [0.25, 0.3) is 0 Å². The van der Waals surface area contributed by atoms with Crippen molar-refractivity contribution in [1.29, 1.82) is 0 Å². The molecule has 1 aromatic rings. The molecule has 1 unspecified atom stereocenters. The average Bonchev–Trinajstić information content (AvgIpc) is 2.26. The molecule has 0 aromatic carbocycles. The van der Waals surface area contributed by atoms with E-state index in [1.807, 2.05) is 6.92 Å². The van der Waals surface area contributed by atoms with Crippen LogP contribution in [0.2, 0.25) is 0 Å². The SMILES string of the molecule is COC(C)Cc1nc(C)c(CNC(C)(C)C)c(C)n1. The van der Waals surface area contributed by atoms with Gasteiger partial charge in [-0.1, -0.05) is 0 Å². The van der Waals surface area contributed by atoms with E-state index in [0.29, 0.717) is 0 Å². The number of ether oxygens (including phenoxy) is 1. The number of aromatic nitrogens is 2. The highest BCUT2D eigenvalue weighted by Crippen LogP contribution is 2.13. The molecule has 0 aliphatic rings. The molecule has 0 aliphatic carbocycles. The van der Waals surface area contributed by atoms with E-state index >= 15 is 0 Å². The molecule has 0 spiro atoms. The van der Waals surface area contributed by atoms with Gasteiger partial charge in [0.05, 0.1) is 6.10 Å². The lowest BCUT2D eigenvalue weighted by molar-refractivity contribution is 0.117. The van der Waals surface area contributed by atoms with Crippen molar-refractivity contribution in [1.82, 2.24) is 15.3 Å². The predicted octanol–water partition coefficient (Wildman–Crippen LogP) is 2.56. The van der Waals surface area contributed by atoms with Crippen molar-refractivity contribution in [3.63, 3.8) is 0 Å². The Hall–Kier alpha value is -1.00. The molecule has 19 heavy (non-hydrogen) atoms. The molecular formula is C15H27N3O. The second-order valence-electron chi connectivity index (χ2n) is 6.14. The monoisotopic (exact) mass is 265 g/mol. The fraction of sp³-hybridized carbons (Fsp3) is 0.733.